The fraction of sp³-hybridized carbons (Fsp3) is 0.400. The van der Waals surface area contributed by atoms with Crippen LogP contribution in [0.15, 0.2) is 36.5 Å². The van der Waals surface area contributed by atoms with Crippen LogP contribution < -0.4 is 4.74 Å². The van der Waals surface area contributed by atoms with E-state index in [2.05, 4.69) is 9.88 Å². The molecule has 1 aromatic heterocycles. The number of methoxy groups -OCH3 is 1. The van der Waals surface area contributed by atoms with Crippen molar-refractivity contribution in [1.82, 2.24) is 14.8 Å². The van der Waals surface area contributed by atoms with Gasteiger partial charge < -0.3 is 14.4 Å². The topological polar surface area (TPSA) is 54.9 Å². The minimum Gasteiger partial charge on any atom is -0.495 e. The fourth-order valence-corrected chi connectivity index (χ4v) is 4.20. The highest BCUT2D eigenvalue weighted by molar-refractivity contribution is 6.35. The molecular weight excluding hydrogens is 401 g/mol. The second kappa shape index (κ2) is 8.25. The summed E-state index contributed by atoms with van der Waals surface area (Å²) in [6.07, 6.45) is 1.59. The molecule has 2 aliphatic rings. The highest BCUT2D eigenvalue weighted by Crippen LogP contribution is 2.31. The first-order valence-corrected chi connectivity index (χ1v) is 9.91. The highest BCUT2D eigenvalue weighted by atomic mass is 35.5. The summed E-state index contributed by atoms with van der Waals surface area (Å²) in [7, 11) is 1.54. The molecule has 6 nitrogen and oxygen atoms in total. The first kappa shape index (κ1) is 19.5. The first-order valence-electron chi connectivity index (χ1n) is 9.15. The van der Waals surface area contributed by atoms with E-state index >= 15 is 0 Å². The van der Waals surface area contributed by atoms with Crippen molar-refractivity contribution in [2.45, 2.75) is 12.1 Å². The summed E-state index contributed by atoms with van der Waals surface area (Å²) in [6.45, 7) is 3.29. The van der Waals surface area contributed by atoms with Crippen molar-refractivity contribution in [2.24, 2.45) is 0 Å². The minimum atomic E-state index is -0.106. The summed E-state index contributed by atoms with van der Waals surface area (Å²) in [5.41, 5.74) is 1.31. The number of morpholine rings is 1. The third-order valence-electron chi connectivity index (χ3n) is 5.27. The number of fused-ring (bicyclic) bond motifs is 1. The molecule has 3 heterocycles. The molecule has 4 rings (SSSR count). The number of benzene rings is 1. The zero-order valence-corrected chi connectivity index (χ0v) is 17.0. The van der Waals surface area contributed by atoms with Crippen molar-refractivity contribution in [2.75, 3.05) is 39.9 Å². The standard InChI is InChI=1S/C20H21Cl2N3O3/c1-27-17-4-2-3-15(19(17)22)20(26)25-8-7-24-11-18(28-12-14(24)10-25)16-9-13(21)5-6-23-16/h2-6,9,14,18H,7-8,10-12H2,1H3/t14-,18+/m0/s1. The molecule has 0 aliphatic carbocycles. The van der Waals surface area contributed by atoms with Crippen molar-refractivity contribution in [1.29, 1.82) is 0 Å². The summed E-state index contributed by atoms with van der Waals surface area (Å²) < 4.78 is 11.3. The number of rotatable bonds is 3. The Morgan fingerprint density at radius 2 is 2.11 bits per heavy atom. The number of halogens is 2. The Kier molecular flexibility index (Phi) is 5.73. The van der Waals surface area contributed by atoms with Crippen LogP contribution in [0.5, 0.6) is 5.75 Å². The van der Waals surface area contributed by atoms with E-state index in [0.717, 1.165) is 18.8 Å². The van der Waals surface area contributed by atoms with E-state index in [-0.39, 0.29) is 18.1 Å². The van der Waals surface area contributed by atoms with Crippen molar-refractivity contribution in [3.63, 3.8) is 0 Å². The van der Waals surface area contributed by atoms with Crippen LogP contribution in [0.25, 0.3) is 0 Å². The van der Waals surface area contributed by atoms with E-state index in [1.807, 2.05) is 11.0 Å². The zero-order chi connectivity index (χ0) is 19.7. The molecule has 2 aliphatic heterocycles. The van der Waals surface area contributed by atoms with Crippen molar-refractivity contribution in [3.8, 4) is 5.75 Å². The summed E-state index contributed by atoms with van der Waals surface area (Å²) >= 11 is 12.4. The number of nitrogens with zero attached hydrogens (tertiary/aromatic N) is 3. The molecule has 0 bridgehead atoms. The Morgan fingerprint density at radius 3 is 2.89 bits per heavy atom. The smallest absolute Gasteiger partial charge is 0.255 e. The quantitative estimate of drug-likeness (QED) is 0.760. The van der Waals surface area contributed by atoms with Gasteiger partial charge >= 0.3 is 0 Å². The van der Waals surface area contributed by atoms with Crippen LogP contribution in [0, 0.1) is 0 Å². The lowest BCUT2D eigenvalue weighted by Gasteiger charge is -2.46. The molecule has 0 spiro atoms. The highest BCUT2D eigenvalue weighted by Gasteiger charge is 2.36. The monoisotopic (exact) mass is 421 g/mol. The maximum atomic E-state index is 13.0. The van der Waals surface area contributed by atoms with Crippen LogP contribution in [0.1, 0.15) is 22.2 Å². The predicted octanol–water partition coefficient (Wildman–Crippen LogP) is 3.29. The molecule has 148 valence electrons. The van der Waals surface area contributed by atoms with Crippen LogP contribution in [0.3, 0.4) is 0 Å². The van der Waals surface area contributed by atoms with E-state index in [1.165, 1.54) is 0 Å². The van der Waals surface area contributed by atoms with E-state index in [1.54, 1.807) is 37.6 Å². The van der Waals surface area contributed by atoms with Crippen molar-refractivity contribution < 1.29 is 14.3 Å². The number of piperazine rings is 1. The first-order chi connectivity index (χ1) is 13.6. The van der Waals surface area contributed by atoms with Gasteiger partial charge in [0.05, 0.1) is 36.0 Å². The maximum absolute atomic E-state index is 13.0. The molecule has 1 amide bonds. The van der Waals surface area contributed by atoms with Gasteiger partial charge in [0.15, 0.2) is 0 Å². The summed E-state index contributed by atoms with van der Waals surface area (Å²) in [5.74, 6) is 0.422. The molecule has 0 N–H and O–H groups in total. The summed E-state index contributed by atoms with van der Waals surface area (Å²) in [5, 5.41) is 1.01. The van der Waals surface area contributed by atoms with Gasteiger partial charge in [-0.05, 0) is 24.3 Å². The van der Waals surface area contributed by atoms with E-state index in [0.29, 0.717) is 41.1 Å². The number of carbonyl (C=O) groups excluding carboxylic acids is 1. The molecule has 2 saturated heterocycles. The number of pyridine rings is 1. The van der Waals surface area contributed by atoms with Crippen LogP contribution in [-0.4, -0.2) is 66.6 Å². The molecule has 28 heavy (non-hydrogen) atoms. The Bertz CT molecular complexity index is 880. The lowest BCUT2D eigenvalue weighted by atomic mass is 10.1. The number of hydrogen-bond donors (Lipinski definition) is 0. The molecule has 8 heteroatoms. The second-order valence-corrected chi connectivity index (χ2v) is 7.76. The number of aromatic nitrogens is 1. The fourth-order valence-electron chi connectivity index (χ4n) is 3.75. The van der Waals surface area contributed by atoms with Gasteiger partial charge in [0, 0.05) is 37.4 Å². The largest absolute Gasteiger partial charge is 0.495 e. The average molecular weight is 422 g/mol. The third-order valence-corrected chi connectivity index (χ3v) is 5.89. The Balaban J connectivity index is 1.43. The van der Waals surface area contributed by atoms with Gasteiger partial charge in [0.25, 0.3) is 5.91 Å². The molecule has 0 radical (unpaired) electrons. The lowest BCUT2D eigenvalue weighted by Crippen LogP contribution is -2.59. The molecule has 2 atom stereocenters. The summed E-state index contributed by atoms with van der Waals surface area (Å²) in [6, 6.07) is 9.01. The predicted molar refractivity (Wildman–Crippen MR) is 107 cm³/mol. The van der Waals surface area contributed by atoms with Gasteiger partial charge in [-0.3, -0.25) is 14.7 Å². The van der Waals surface area contributed by atoms with Gasteiger partial charge in [-0.2, -0.15) is 0 Å². The van der Waals surface area contributed by atoms with Gasteiger partial charge in [-0.15, -0.1) is 0 Å². The van der Waals surface area contributed by atoms with Crippen LogP contribution in [0.2, 0.25) is 10.0 Å². The molecule has 2 aromatic rings. The van der Waals surface area contributed by atoms with Gasteiger partial charge in [0.1, 0.15) is 11.9 Å². The molecule has 2 fully saturated rings. The van der Waals surface area contributed by atoms with Crippen LogP contribution >= 0.6 is 23.2 Å². The average Bonchev–Trinajstić information content (AvgIpc) is 2.72. The van der Waals surface area contributed by atoms with Crippen molar-refractivity contribution in [3.05, 3.63) is 57.8 Å². The Hall–Kier alpha value is -1.86. The molecular formula is C20H21Cl2N3O3. The Labute approximate surface area is 173 Å². The maximum Gasteiger partial charge on any atom is 0.255 e. The molecule has 0 unspecified atom stereocenters. The Morgan fingerprint density at radius 1 is 1.25 bits per heavy atom. The molecule has 1 aromatic carbocycles. The second-order valence-electron chi connectivity index (χ2n) is 6.94. The number of carbonyl (C=O) groups is 1. The van der Waals surface area contributed by atoms with Gasteiger partial charge in [0.2, 0.25) is 0 Å². The van der Waals surface area contributed by atoms with Crippen molar-refractivity contribution >= 4 is 29.1 Å². The van der Waals surface area contributed by atoms with E-state index < -0.39 is 0 Å². The van der Waals surface area contributed by atoms with E-state index in [4.69, 9.17) is 32.7 Å². The number of hydrogen-bond acceptors (Lipinski definition) is 5. The normalized spacial score (nSPS) is 22.6. The van der Waals surface area contributed by atoms with Crippen LogP contribution in [0.4, 0.5) is 0 Å². The van der Waals surface area contributed by atoms with E-state index in [9.17, 15) is 4.79 Å². The number of ether oxygens (including phenoxy) is 2. The summed E-state index contributed by atoms with van der Waals surface area (Å²) in [4.78, 5) is 21.6. The van der Waals surface area contributed by atoms with Crippen LogP contribution in [-0.2, 0) is 4.74 Å². The number of amides is 1. The zero-order valence-electron chi connectivity index (χ0n) is 15.5. The molecule has 0 saturated carbocycles. The SMILES string of the molecule is COc1cccc(C(=O)N2CCN3C[C@H](c4cc(Cl)ccn4)OC[C@@H]3C2)c1Cl. The lowest BCUT2D eigenvalue weighted by molar-refractivity contribution is -0.0872. The third kappa shape index (κ3) is 3.82. The van der Waals surface area contributed by atoms with Gasteiger partial charge in [-0.25, -0.2) is 0 Å². The minimum absolute atomic E-state index is 0.0813. The van der Waals surface area contributed by atoms with Gasteiger partial charge in [-0.1, -0.05) is 29.3 Å².